The molecule has 0 aliphatic heterocycles. The van der Waals surface area contributed by atoms with Crippen molar-refractivity contribution < 1.29 is 14.7 Å². The fraction of sp³-hybridized carbons (Fsp3) is 0.263. The molecule has 2 aromatic carbocycles. The van der Waals surface area contributed by atoms with Gasteiger partial charge in [-0.25, -0.2) is 0 Å². The molecule has 2 unspecified atom stereocenters. The van der Waals surface area contributed by atoms with Crippen LogP contribution in [0, 0.1) is 0 Å². The van der Waals surface area contributed by atoms with Crippen LogP contribution in [0.2, 0.25) is 0 Å². The summed E-state index contributed by atoms with van der Waals surface area (Å²) in [5, 5.41) is 11.4. The van der Waals surface area contributed by atoms with Gasteiger partial charge in [0.25, 0.3) is 0 Å². The van der Waals surface area contributed by atoms with Crippen LogP contribution in [0.1, 0.15) is 30.4 Å². The monoisotopic (exact) mass is 311 g/mol. The summed E-state index contributed by atoms with van der Waals surface area (Å²) in [4.78, 5) is 23.0. The van der Waals surface area contributed by atoms with Crippen LogP contribution in [0.25, 0.3) is 0 Å². The van der Waals surface area contributed by atoms with Crippen LogP contribution >= 0.6 is 0 Å². The van der Waals surface area contributed by atoms with Gasteiger partial charge in [0, 0.05) is 6.42 Å². The summed E-state index contributed by atoms with van der Waals surface area (Å²) in [6, 6.07) is 18.9. The summed E-state index contributed by atoms with van der Waals surface area (Å²) in [7, 11) is 0. The Hall–Kier alpha value is -2.62. The predicted octanol–water partition coefficient (Wildman–Crippen LogP) is 2.99. The third-order valence-electron chi connectivity index (χ3n) is 3.78. The van der Waals surface area contributed by atoms with Crippen molar-refractivity contribution >= 4 is 11.9 Å². The van der Waals surface area contributed by atoms with Crippen molar-refractivity contribution in [2.45, 2.75) is 31.7 Å². The number of hydrogen-bond acceptors (Lipinski definition) is 2. The molecule has 0 radical (unpaired) electrons. The number of carboxylic acids is 1. The molecule has 0 saturated carbocycles. The van der Waals surface area contributed by atoms with Crippen LogP contribution in [-0.4, -0.2) is 23.0 Å². The number of carbonyl (C=O) groups excluding carboxylic acids is 1. The summed E-state index contributed by atoms with van der Waals surface area (Å²) in [5.74, 6) is -1.26. The molecule has 4 heteroatoms. The summed E-state index contributed by atoms with van der Waals surface area (Å²) in [5.41, 5.74) is 2.23. The minimum Gasteiger partial charge on any atom is -0.480 e. The van der Waals surface area contributed by atoms with Crippen LogP contribution in [0.4, 0.5) is 0 Å². The van der Waals surface area contributed by atoms with Gasteiger partial charge in [0.05, 0.1) is 0 Å². The molecule has 0 aromatic heterocycles. The number of carboxylic acid groups (broad SMARTS) is 1. The summed E-state index contributed by atoms with van der Waals surface area (Å²) in [6.07, 6.45) is 0.996. The van der Waals surface area contributed by atoms with E-state index in [-0.39, 0.29) is 18.2 Å². The van der Waals surface area contributed by atoms with E-state index in [1.165, 1.54) is 6.92 Å². The summed E-state index contributed by atoms with van der Waals surface area (Å²) < 4.78 is 0. The van der Waals surface area contributed by atoms with Crippen LogP contribution < -0.4 is 5.32 Å². The Bertz CT molecular complexity index is 640. The molecule has 0 bridgehead atoms. The Morgan fingerprint density at radius 1 is 1.00 bits per heavy atom. The van der Waals surface area contributed by atoms with Gasteiger partial charge >= 0.3 is 5.97 Å². The highest BCUT2D eigenvalue weighted by atomic mass is 16.4. The standard InChI is InChI=1S/C19H21NO3/c1-14(19(22)23)20-18(21)13-17(16-10-6-3-7-11-16)12-15-8-4-2-5-9-15/h2-11,14,17H,12-13H2,1H3,(H,20,21)(H,22,23). The van der Waals surface area contributed by atoms with Crippen molar-refractivity contribution in [1.29, 1.82) is 0 Å². The zero-order chi connectivity index (χ0) is 16.7. The zero-order valence-corrected chi connectivity index (χ0v) is 13.1. The van der Waals surface area contributed by atoms with Crippen molar-refractivity contribution in [3.05, 3.63) is 71.8 Å². The molecular formula is C19H21NO3. The Morgan fingerprint density at radius 2 is 1.57 bits per heavy atom. The number of nitrogens with one attached hydrogen (secondary N) is 1. The third-order valence-corrected chi connectivity index (χ3v) is 3.78. The van der Waals surface area contributed by atoms with Gasteiger partial charge in [0.15, 0.2) is 0 Å². The fourth-order valence-corrected chi connectivity index (χ4v) is 2.52. The Kier molecular flexibility index (Phi) is 5.92. The molecule has 0 aliphatic carbocycles. The number of benzene rings is 2. The molecule has 0 spiro atoms. The number of amides is 1. The number of aliphatic carboxylic acids is 1. The van der Waals surface area contributed by atoms with E-state index in [4.69, 9.17) is 5.11 Å². The Balaban J connectivity index is 2.11. The molecule has 0 saturated heterocycles. The van der Waals surface area contributed by atoms with E-state index in [0.29, 0.717) is 0 Å². The van der Waals surface area contributed by atoms with Gasteiger partial charge in [-0.2, -0.15) is 0 Å². The van der Waals surface area contributed by atoms with E-state index in [9.17, 15) is 9.59 Å². The number of rotatable bonds is 7. The second kappa shape index (κ2) is 8.13. The smallest absolute Gasteiger partial charge is 0.325 e. The van der Waals surface area contributed by atoms with Crippen molar-refractivity contribution in [3.63, 3.8) is 0 Å². The minimum absolute atomic E-state index is 0.0135. The minimum atomic E-state index is -1.03. The topological polar surface area (TPSA) is 66.4 Å². The summed E-state index contributed by atoms with van der Waals surface area (Å²) in [6.45, 7) is 1.47. The average Bonchev–Trinajstić information content (AvgIpc) is 2.56. The molecule has 2 atom stereocenters. The maximum atomic E-state index is 12.2. The molecule has 0 fully saturated rings. The highest BCUT2D eigenvalue weighted by Crippen LogP contribution is 2.24. The van der Waals surface area contributed by atoms with E-state index >= 15 is 0 Å². The van der Waals surface area contributed by atoms with E-state index < -0.39 is 12.0 Å². The summed E-state index contributed by atoms with van der Waals surface area (Å²) >= 11 is 0. The van der Waals surface area contributed by atoms with Gasteiger partial charge in [0.2, 0.25) is 5.91 Å². The van der Waals surface area contributed by atoms with E-state index in [0.717, 1.165) is 17.5 Å². The lowest BCUT2D eigenvalue weighted by atomic mass is 9.89. The SMILES string of the molecule is CC(NC(=O)CC(Cc1ccccc1)c1ccccc1)C(=O)O. The normalized spacial score (nSPS) is 13.1. The second-order valence-electron chi connectivity index (χ2n) is 5.63. The molecule has 2 aromatic rings. The first-order chi connectivity index (χ1) is 11.1. The highest BCUT2D eigenvalue weighted by molar-refractivity contribution is 5.83. The van der Waals surface area contributed by atoms with Crippen LogP contribution in [0.3, 0.4) is 0 Å². The third kappa shape index (κ3) is 5.25. The molecule has 2 N–H and O–H groups in total. The fourth-order valence-electron chi connectivity index (χ4n) is 2.52. The molecular weight excluding hydrogens is 290 g/mol. The van der Waals surface area contributed by atoms with Crippen molar-refractivity contribution in [2.24, 2.45) is 0 Å². The first kappa shape index (κ1) is 16.7. The lowest BCUT2D eigenvalue weighted by molar-refractivity contribution is -0.141. The predicted molar refractivity (Wildman–Crippen MR) is 89.2 cm³/mol. The maximum Gasteiger partial charge on any atom is 0.325 e. The van der Waals surface area contributed by atoms with E-state index in [2.05, 4.69) is 5.32 Å². The van der Waals surface area contributed by atoms with Gasteiger partial charge in [0.1, 0.15) is 6.04 Å². The zero-order valence-electron chi connectivity index (χ0n) is 13.1. The molecule has 4 nitrogen and oxygen atoms in total. The lowest BCUT2D eigenvalue weighted by Crippen LogP contribution is -2.39. The molecule has 0 heterocycles. The van der Waals surface area contributed by atoms with Crippen LogP contribution in [0.15, 0.2) is 60.7 Å². The highest BCUT2D eigenvalue weighted by Gasteiger charge is 2.20. The Morgan fingerprint density at radius 3 is 2.13 bits per heavy atom. The van der Waals surface area contributed by atoms with Gasteiger partial charge in [-0.1, -0.05) is 60.7 Å². The molecule has 0 aliphatic rings. The van der Waals surface area contributed by atoms with Crippen LogP contribution in [-0.2, 0) is 16.0 Å². The van der Waals surface area contributed by atoms with Crippen molar-refractivity contribution in [2.75, 3.05) is 0 Å². The van der Waals surface area contributed by atoms with Gasteiger partial charge in [-0.3, -0.25) is 9.59 Å². The van der Waals surface area contributed by atoms with Crippen molar-refractivity contribution in [3.8, 4) is 0 Å². The van der Waals surface area contributed by atoms with Gasteiger partial charge in [-0.05, 0) is 30.4 Å². The number of hydrogen-bond donors (Lipinski definition) is 2. The van der Waals surface area contributed by atoms with E-state index in [1.54, 1.807) is 0 Å². The quantitative estimate of drug-likeness (QED) is 0.826. The van der Waals surface area contributed by atoms with Crippen molar-refractivity contribution in [1.82, 2.24) is 5.32 Å². The Labute approximate surface area is 136 Å². The molecule has 120 valence electrons. The first-order valence-electron chi connectivity index (χ1n) is 7.67. The number of carbonyl (C=O) groups is 2. The maximum absolute atomic E-state index is 12.2. The average molecular weight is 311 g/mol. The molecule has 2 rings (SSSR count). The second-order valence-corrected chi connectivity index (χ2v) is 5.63. The molecule has 1 amide bonds. The lowest BCUT2D eigenvalue weighted by Gasteiger charge is -2.18. The van der Waals surface area contributed by atoms with Gasteiger partial charge < -0.3 is 10.4 Å². The van der Waals surface area contributed by atoms with E-state index in [1.807, 2.05) is 60.7 Å². The largest absolute Gasteiger partial charge is 0.480 e. The first-order valence-corrected chi connectivity index (χ1v) is 7.67. The van der Waals surface area contributed by atoms with Crippen LogP contribution in [0.5, 0.6) is 0 Å². The van der Waals surface area contributed by atoms with Gasteiger partial charge in [-0.15, -0.1) is 0 Å². The molecule has 23 heavy (non-hydrogen) atoms.